The minimum Gasteiger partial charge on any atom is -0.379 e. The number of nitrogens with zero attached hydrogens (tertiary/aromatic N) is 2. The quantitative estimate of drug-likeness (QED) is 0.794. The third-order valence-corrected chi connectivity index (χ3v) is 7.49. The van der Waals surface area contributed by atoms with Gasteiger partial charge in [0, 0.05) is 30.4 Å². The van der Waals surface area contributed by atoms with Crippen molar-refractivity contribution in [1.82, 2.24) is 4.31 Å². The number of hydrogen-bond acceptors (Lipinski definition) is 4. The molecule has 7 heteroatoms. The van der Waals surface area contributed by atoms with Crippen LogP contribution in [0.5, 0.6) is 0 Å². The van der Waals surface area contributed by atoms with E-state index in [1.54, 1.807) is 24.0 Å². The van der Waals surface area contributed by atoms with E-state index in [-0.39, 0.29) is 16.8 Å². The number of carbonyl (C=O) groups is 1. The lowest BCUT2D eigenvalue weighted by atomic mass is 10.1. The lowest BCUT2D eigenvalue weighted by Crippen LogP contribution is -2.41. The van der Waals surface area contributed by atoms with Gasteiger partial charge in [0.25, 0.3) is 5.91 Å². The normalized spacial score (nSPS) is 20.2. The number of sulfonamides is 1. The highest BCUT2D eigenvalue weighted by atomic mass is 32.2. The summed E-state index contributed by atoms with van der Waals surface area (Å²) >= 11 is 0. The van der Waals surface area contributed by atoms with Crippen LogP contribution < -0.4 is 4.90 Å². The molecule has 1 amide bonds. The van der Waals surface area contributed by atoms with Gasteiger partial charge in [-0.3, -0.25) is 4.79 Å². The molecule has 1 atom stereocenters. The summed E-state index contributed by atoms with van der Waals surface area (Å²) in [6.45, 7) is 5.21. The van der Waals surface area contributed by atoms with Gasteiger partial charge in [-0.2, -0.15) is 4.31 Å². The second kappa shape index (κ2) is 7.31. The molecule has 0 bridgehead atoms. The summed E-state index contributed by atoms with van der Waals surface area (Å²) in [5.74, 6) is -0.170. The van der Waals surface area contributed by atoms with E-state index >= 15 is 0 Å². The van der Waals surface area contributed by atoms with Gasteiger partial charge in [0.2, 0.25) is 10.0 Å². The Morgan fingerprint density at radius 2 is 1.82 bits per heavy atom. The van der Waals surface area contributed by atoms with Crippen molar-refractivity contribution in [2.75, 3.05) is 31.2 Å². The van der Waals surface area contributed by atoms with Crippen molar-refractivity contribution in [1.29, 1.82) is 0 Å². The molecule has 0 saturated carbocycles. The van der Waals surface area contributed by atoms with Crippen molar-refractivity contribution in [2.45, 2.75) is 31.2 Å². The maximum absolute atomic E-state index is 13.3. The highest BCUT2D eigenvalue weighted by Gasteiger charge is 2.33. The maximum atomic E-state index is 13.3. The van der Waals surface area contributed by atoms with Gasteiger partial charge in [-0.25, -0.2) is 8.42 Å². The highest BCUT2D eigenvalue weighted by molar-refractivity contribution is 7.89. The van der Waals surface area contributed by atoms with Gasteiger partial charge < -0.3 is 9.64 Å². The van der Waals surface area contributed by atoms with Gasteiger partial charge in [0.05, 0.1) is 18.1 Å². The van der Waals surface area contributed by atoms with Crippen LogP contribution in [-0.4, -0.2) is 51.0 Å². The van der Waals surface area contributed by atoms with Crippen molar-refractivity contribution in [3.63, 3.8) is 0 Å². The molecule has 0 aliphatic carbocycles. The lowest BCUT2D eigenvalue weighted by molar-refractivity contribution is 0.0730. The summed E-state index contributed by atoms with van der Waals surface area (Å²) in [7, 11) is -3.66. The fourth-order valence-corrected chi connectivity index (χ4v) is 5.61. The molecule has 2 aliphatic rings. The van der Waals surface area contributed by atoms with Crippen LogP contribution >= 0.6 is 0 Å². The summed E-state index contributed by atoms with van der Waals surface area (Å²) in [4.78, 5) is 15.2. The van der Waals surface area contributed by atoms with Gasteiger partial charge >= 0.3 is 0 Å². The van der Waals surface area contributed by atoms with Gasteiger partial charge in [-0.1, -0.05) is 24.3 Å². The Morgan fingerprint density at radius 1 is 1.11 bits per heavy atom. The number of anilines is 1. The van der Waals surface area contributed by atoms with Crippen LogP contribution in [0.2, 0.25) is 0 Å². The Hall–Kier alpha value is -2.22. The number of fused-ring (bicyclic) bond motifs is 1. The first-order chi connectivity index (χ1) is 13.4. The summed E-state index contributed by atoms with van der Waals surface area (Å²) in [5, 5.41) is 0. The Morgan fingerprint density at radius 3 is 2.57 bits per heavy atom. The monoisotopic (exact) mass is 400 g/mol. The number of carbonyl (C=O) groups excluding carboxylic acids is 1. The maximum Gasteiger partial charge on any atom is 0.258 e. The zero-order valence-electron chi connectivity index (χ0n) is 16.1. The van der Waals surface area contributed by atoms with E-state index in [1.165, 1.54) is 10.4 Å². The molecule has 6 nitrogen and oxygen atoms in total. The Kier molecular flexibility index (Phi) is 4.99. The van der Waals surface area contributed by atoms with Crippen molar-refractivity contribution < 1.29 is 17.9 Å². The molecule has 28 heavy (non-hydrogen) atoms. The van der Waals surface area contributed by atoms with Crippen molar-refractivity contribution in [2.24, 2.45) is 0 Å². The summed E-state index contributed by atoms with van der Waals surface area (Å²) < 4.78 is 32.9. The molecule has 148 valence electrons. The predicted octanol–water partition coefficient (Wildman–Crippen LogP) is 2.61. The van der Waals surface area contributed by atoms with Crippen LogP contribution in [0.3, 0.4) is 0 Å². The molecule has 0 aromatic heterocycles. The smallest absolute Gasteiger partial charge is 0.258 e. The zero-order chi connectivity index (χ0) is 19.9. The molecule has 0 unspecified atom stereocenters. The van der Waals surface area contributed by atoms with Gasteiger partial charge in [0.1, 0.15) is 0 Å². The zero-order valence-corrected chi connectivity index (χ0v) is 16.9. The standard InChI is InChI=1S/C21H24N2O4S/c1-15-7-8-18(14-20(15)28(25,26)22-9-11-27-12-10-22)21(24)23-16(2)13-17-5-3-4-6-19(17)23/h3-8,14,16H,9-13H2,1-2H3/t16-/m0/s1. The predicted molar refractivity (Wildman–Crippen MR) is 107 cm³/mol. The molecule has 2 aliphatic heterocycles. The number of hydrogen-bond donors (Lipinski definition) is 0. The average Bonchev–Trinajstić information content (AvgIpc) is 3.04. The minimum atomic E-state index is -3.66. The van der Waals surface area contributed by atoms with Gasteiger partial charge in [-0.05, 0) is 49.6 Å². The molecule has 0 radical (unpaired) electrons. The highest BCUT2D eigenvalue weighted by Crippen LogP contribution is 2.33. The van der Waals surface area contributed by atoms with E-state index in [4.69, 9.17) is 4.74 Å². The van der Waals surface area contributed by atoms with Crippen molar-refractivity contribution >= 4 is 21.6 Å². The SMILES string of the molecule is Cc1ccc(C(=O)N2c3ccccc3C[C@@H]2C)cc1S(=O)(=O)N1CCOCC1. The Balaban J connectivity index is 1.70. The topological polar surface area (TPSA) is 66.9 Å². The minimum absolute atomic E-state index is 0.0329. The third-order valence-electron chi connectivity index (χ3n) is 5.45. The number of rotatable bonds is 3. The first-order valence-electron chi connectivity index (χ1n) is 9.49. The number of morpholine rings is 1. The summed E-state index contributed by atoms with van der Waals surface area (Å²) in [5.41, 5.74) is 3.06. The molecule has 1 fully saturated rings. The molecule has 0 spiro atoms. The molecular weight excluding hydrogens is 376 g/mol. The second-order valence-electron chi connectivity index (χ2n) is 7.35. The fraction of sp³-hybridized carbons (Fsp3) is 0.381. The Bertz CT molecular complexity index is 1010. The average molecular weight is 401 g/mol. The molecule has 2 heterocycles. The lowest BCUT2D eigenvalue weighted by Gasteiger charge is -2.27. The van der Waals surface area contributed by atoms with E-state index in [9.17, 15) is 13.2 Å². The molecule has 2 aromatic rings. The number of aryl methyl sites for hydroxylation is 1. The third kappa shape index (κ3) is 3.23. The van der Waals surface area contributed by atoms with Crippen LogP contribution in [-0.2, 0) is 21.2 Å². The van der Waals surface area contributed by atoms with E-state index in [0.29, 0.717) is 37.4 Å². The largest absolute Gasteiger partial charge is 0.379 e. The van der Waals surface area contributed by atoms with E-state index in [2.05, 4.69) is 0 Å². The first kappa shape index (κ1) is 19.1. The van der Waals surface area contributed by atoms with Crippen LogP contribution in [0, 0.1) is 6.92 Å². The summed E-state index contributed by atoms with van der Waals surface area (Å²) in [6, 6.07) is 12.8. The fourth-order valence-electron chi connectivity index (χ4n) is 3.95. The molecular formula is C21H24N2O4S. The summed E-state index contributed by atoms with van der Waals surface area (Å²) in [6.07, 6.45) is 0.798. The van der Waals surface area contributed by atoms with E-state index < -0.39 is 10.0 Å². The van der Waals surface area contributed by atoms with E-state index in [0.717, 1.165) is 17.7 Å². The van der Waals surface area contributed by atoms with Crippen molar-refractivity contribution in [3.8, 4) is 0 Å². The van der Waals surface area contributed by atoms with Crippen LogP contribution in [0.1, 0.15) is 28.4 Å². The Labute approximate surface area is 165 Å². The molecule has 0 N–H and O–H groups in total. The van der Waals surface area contributed by atoms with Crippen LogP contribution in [0.15, 0.2) is 47.4 Å². The number of amides is 1. The van der Waals surface area contributed by atoms with Crippen LogP contribution in [0.25, 0.3) is 0 Å². The van der Waals surface area contributed by atoms with Gasteiger partial charge in [0.15, 0.2) is 0 Å². The van der Waals surface area contributed by atoms with Crippen molar-refractivity contribution in [3.05, 3.63) is 59.2 Å². The number of para-hydroxylation sites is 1. The second-order valence-corrected chi connectivity index (χ2v) is 9.26. The number of benzene rings is 2. The molecule has 1 saturated heterocycles. The molecule has 2 aromatic carbocycles. The first-order valence-corrected chi connectivity index (χ1v) is 10.9. The molecule has 4 rings (SSSR count). The van der Waals surface area contributed by atoms with E-state index in [1.807, 2.05) is 31.2 Å². The van der Waals surface area contributed by atoms with Crippen LogP contribution in [0.4, 0.5) is 5.69 Å². The van der Waals surface area contributed by atoms with Gasteiger partial charge in [-0.15, -0.1) is 0 Å². The number of ether oxygens (including phenoxy) is 1.